The second-order valence-electron chi connectivity index (χ2n) is 3.45. The molecule has 3 nitrogen and oxygen atoms in total. The number of hydrogen-bond acceptors (Lipinski definition) is 2. The monoisotopic (exact) mass is 235 g/mol. The van der Waals surface area contributed by atoms with Crippen molar-refractivity contribution < 1.29 is 13.9 Å². The van der Waals surface area contributed by atoms with Crippen molar-refractivity contribution in [3.05, 3.63) is 29.6 Å². The van der Waals surface area contributed by atoms with Crippen LogP contribution in [0.15, 0.2) is 18.2 Å². The van der Waals surface area contributed by atoms with Crippen LogP contribution in [0, 0.1) is 18.2 Å². The minimum atomic E-state index is -0.575. The predicted molar refractivity (Wildman–Crippen MR) is 63.3 cm³/mol. The highest BCUT2D eigenvalue weighted by molar-refractivity contribution is 5.94. The number of carbonyl (C=O) groups is 1. The Morgan fingerprint density at radius 3 is 2.82 bits per heavy atom. The fourth-order valence-electron chi connectivity index (χ4n) is 1.31. The van der Waals surface area contributed by atoms with Crippen LogP contribution >= 0.6 is 0 Å². The Kier molecular flexibility index (Phi) is 4.53. The van der Waals surface area contributed by atoms with E-state index in [4.69, 9.17) is 11.2 Å². The third-order valence-electron chi connectivity index (χ3n) is 2.33. The molecule has 0 aliphatic carbocycles. The number of nitrogens with one attached hydrogen (secondary N) is 1. The molecule has 1 rings (SSSR count). The summed E-state index contributed by atoms with van der Waals surface area (Å²) in [5.74, 6) is 1.57. The first-order chi connectivity index (χ1) is 8.12. The molecule has 1 atom stereocenters. The molecule has 1 amide bonds. The molecule has 0 fully saturated rings. The van der Waals surface area contributed by atoms with Crippen LogP contribution in [0.1, 0.15) is 23.7 Å². The van der Waals surface area contributed by atoms with Crippen molar-refractivity contribution in [2.45, 2.75) is 19.4 Å². The molecule has 1 unspecified atom stereocenters. The van der Waals surface area contributed by atoms with Gasteiger partial charge in [-0.15, -0.1) is 6.42 Å². The van der Waals surface area contributed by atoms with Gasteiger partial charge in [0.1, 0.15) is 0 Å². The van der Waals surface area contributed by atoms with Crippen LogP contribution < -0.4 is 10.1 Å². The molecular formula is C13H14FNO2. The largest absolute Gasteiger partial charge is 0.494 e. The van der Waals surface area contributed by atoms with E-state index in [1.54, 1.807) is 0 Å². The van der Waals surface area contributed by atoms with Gasteiger partial charge in [-0.25, -0.2) is 4.39 Å². The molecule has 17 heavy (non-hydrogen) atoms. The molecule has 1 N–H and O–H groups in total. The Labute approximate surface area is 100.0 Å². The van der Waals surface area contributed by atoms with E-state index >= 15 is 0 Å². The standard InChI is InChI=1S/C13H14FNO2/c1-4-10(5-2)15-13(16)9-6-7-12(17-3)11(14)8-9/h1,6-8,10H,5H2,2-3H3,(H,15,16). The van der Waals surface area contributed by atoms with Crippen LogP contribution in [-0.4, -0.2) is 19.1 Å². The summed E-state index contributed by atoms with van der Waals surface area (Å²) in [4.78, 5) is 11.7. The Hall–Kier alpha value is -2.02. The smallest absolute Gasteiger partial charge is 0.252 e. The lowest BCUT2D eigenvalue weighted by Gasteiger charge is -2.11. The summed E-state index contributed by atoms with van der Waals surface area (Å²) in [6, 6.07) is 3.67. The molecule has 90 valence electrons. The van der Waals surface area contributed by atoms with Gasteiger partial charge in [0, 0.05) is 5.56 Å². The number of hydrogen-bond donors (Lipinski definition) is 1. The Morgan fingerprint density at radius 2 is 2.35 bits per heavy atom. The molecule has 0 aromatic heterocycles. The number of halogens is 1. The first kappa shape index (κ1) is 13.0. The molecule has 0 saturated carbocycles. The average Bonchev–Trinajstić information content (AvgIpc) is 2.35. The van der Waals surface area contributed by atoms with Crippen molar-refractivity contribution in [3.8, 4) is 18.1 Å². The van der Waals surface area contributed by atoms with Crippen LogP contribution in [0.2, 0.25) is 0 Å². The highest BCUT2D eigenvalue weighted by Gasteiger charge is 2.12. The number of benzene rings is 1. The van der Waals surface area contributed by atoms with E-state index in [-0.39, 0.29) is 17.4 Å². The van der Waals surface area contributed by atoms with Gasteiger partial charge >= 0.3 is 0 Å². The van der Waals surface area contributed by atoms with Crippen molar-refractivity contribution in [2.75, 3.05) is 7.11 Å². The summed E-state index contributed by atoms with van der Waals surface area (Å²) in [5.41, 5.74) is 0.219. The molecule has 0 heterocycles. The van der Waals surface area contributed by atoms with Crippen LogP contribution in [0.25, 0.3) is 0 Å². The third-order valence-corrected chi connectivity index (χ3v) is 2.33. The first-order valence-electron chi connectivity index (χ1n) is 5.22. The fraction of sp³-hybridized carbons (Fsp3) is 0.308. The van der Waals surface area contributed by atoms with Gasteiger partial charge in [0.05, 0.1) is 13.2 Å². The van der Waals surface area contributed by atoms with Gasteiger partial charge in [-0.1, -0.05) is 12.8 Å². The summed E-state index contributed by atoms with van der Waals surface area (Å²) in [6.45, 7) is 1.86. The van der Waals surface area contributed by atoms with Crippen molar-refractivity contribution in [1.82, 2.24) is 5.32 Å². The minimum Gasteiger partial charge on any atom is -0.494 e. The number of amides is 1. The molecular weight excluding hydrogens is 221 g/mol. The van der Waals surface area contributed by atoms with E-state index in [9.17, 15) is 9.18 Å². The lowest BCUT2D eigenvalue weighted by Crippen LogP contribution is -2.33. The SMILES string of the molecule is C#CC(CC)NC(=O)c1ccc(OC)c(F)c1. The van der Waals surface area contributed by atoms with Gasteiger partial charge in [0.25, 0.3) is 5.91 Å². The number of rotatable bonds is 4. The van der Waals surface area contributed by atoms with Crippen LogP contribution in [0.5, 0.6) is 5.75 Å². The Bertz CT molecular complexity index is 451. The normalized spacial score (nSPS) is 11.4. The zero-order valence-corrected chi connectivity index (χ0v) is 9.79. The van der Waals surface area contributed by atoms with E-state index in [1.807, 2.05) is 6.92 Å². The summed E-state index contributed by atoms with van der Waals surface area (Å²) in [6.07, 6.45) is 5.85. The molecule has 0 aliphatic heterocycles. The first-order valence-corrected chi connectivity index (χ1v) is 5.22. The van der Waals surface area contributed by atoms with Crippen LogP contribution in [0.4, 0.5) is 4.39 Å². The van der Waals surface area contributed by atoms with Gasteiger partial charge in [-0.3, -0.25) is 4.79 Å². The topological polar surface area (TPSA) is 38.3 Å². The second-order valence-corrected chi connectivity index (χ2v) is 3.45. The molecule has 4 heteroatoms. The minimum absolute atomic E-state index is 0.102. The predicted octanol–water partition coefficient (Wildman–Crippen LogP) is 1.98. The zero-order valence-electron chi connectivity index (χ0n) is 9.79. The number of carbonyl (C=O) groups excluding carboxylic acids is 1. The summed E-state index contributed by atoms with van der Waals surface area (Å²) in [7, 11) is 1.36. The molecule has 1 aromatic rings. The van der Waals surface area contributed by atoms with E-state index < -0.39 is 11.7 Å². The Morgan fingerprint density at radius 1 is 1.65 bits per heavy atom. The van der Waals surface area contributed by atoms with Crippen molar-refractivity contribution in [3.63, 3.8) is 0 Å². The maximum Gasteiger partial charge on any atom is 0.252 e. The summed E-state index contributed by atoms with van der Waals surface area (Å²) < 4.78 is 18.1. The van der Waals surface area contributed by atoms with E-state index in [1.165, 1.54) is 19.2 Å². The van der Waals surface area contributed by atoms with Gasteiger partial charge < -0.3 is 10.1 Å². The van der Waals surface area contributed by atoms with E-state index in [0.717, 1.165) is 6.07 Å². The van der Waals surface area contributed by atoms with Crippen LogP contribution in [-0.2, 0) is 0 Å². The molecule has 0 spiro atoms. The summed E-state index contributed by atoms with van der Waals surface area (Å²) >= 11 is 0. The van der Waals surface area contributed by atoms with Crippen LogP contribution in [0.3, 0.4) is 0 Å². The molecule has 1 aromatic carbocycles. The molecule has 0 aliphatic rings. The Balaban J connectivity index is 2.83. The lowest BCUT2D eigenvalue weighted by atomic mass is 10.1. The van der Waals surface area contributed by atoms with Crippen molar-refractivity contribution >= 4 is 5.91 Å². The third kappa shape index (κ3) is 3.22. The van der Waals surface area contributed by atoms with E-state index in [0.29, 0.717) is 6.42 Å². The van der Waals surface area contributed by atoms with Crippen molar-refractivity contribution in [1.29, 1.82) is 0 Å². The average molecular weight is 235 g/mol. The molecule has 0 saturated heterocycles. The highest BCUT2D eigenvalue weighted by atomic mass is 19.1. The number of ether oxygens (including phenoxy) is 1. The van der Waals surface area contributed by atoms with Gasteiger partial charge in [-0.05, 0) is 24.6 Å². The maximum atomic E-state index is 13.4. The summed E-state index contributed by atoms with van der Waals surface area (Å²) in [5, 5.41) is 2.61. The van der Waals surface area contributed by atoms with Gasteiger partial charge in [-0.2, -0.15) is 0 Å². The highest BCUT2D eigenvalue weighted by Crippen LogP contribution is 2.17. The quantitative estimate of drug-likeness (QED) is 0.810. The number of methoxy groups -OCH3 is 1. The molecule has 0 radical (unpaired) electrons. The van der Waals surface area contributed by atoms with Gasteiger partial charge in [0.2, 0.25) is 0 Å². The maximum absolute atomic E-state index is 13.4. The number of terminal acetylenes is 1. The zero-order chi connectivity index (χ0) is 12.8. The van der Waals surface area contributed by atoms with E-state index in [2.05, 4.69) is 11.2 Å². The molecule has 0 bridgehead atoms. The second kappa shape index (κ2) is 5.90. The lowest BCUT2D eigenvalue weighted by molar-refractivity contribution is 0.0944. The van der Waals surface area contributed by atoms with Gasteiger partial charge in [0.15, 0.2) is 11.6 Å². The fourth-order valence-corrected chi connectivity index (χ4v) is 1.31. The van der Waals surface area contributed by atoms with Crippen molar-refractivity contribution in [2.24, 2.45) is 0 Å².